The number of aromatic nitrogens is 2. The second-order valence-corrected chi connectivity index (χ2v) is 8.45. The Morgan fingerprint density at radius 3 is 2.64 bits per heavy atom. The maximum atomic E-state index is 13.1. The molecule has 1 aliphatic rings. The maximum absolute atomic E-state index is 13.1. The van der Waals surface area contributed by atoms with E-state index in [1.54, 1.807) is 4.31 Å². The van der Waals surface area contributed by atoms with E-state index in [2.05, 4.69) is 23.7 Å². The van der Waals surface area contributed by atoms with Crippen LogP contribution in [0.1, 0.15) is 33.6 Å². The highest BCUT2D eigenvalue weighted by Gasteiger charge is 2.37. The van der Waals surface area contributed by atoms with Gasteiger partial charge in [0.05, 0.1) is 11.0 Å². The molecule has 1 aromatic carbocycles. The molecular weight excluding hydrogens is 336 g/mol. The average Bonchev–Trinajstić information content (AvgIpc) is 2.99. The summed E-state index contributed by atoms with van der Waals surface area (Å²) in [5.74, 6) is 0. The molecule has 138 valence electrons. The number of rotatable bonds is 7. The molecule has 0 bridgehead atoms. The Hall–Kier alpha value is -1.44. The monoisotopic (exact) mass is 364 g/mol. The van der Waals surface area contributed by atoms with Crippen molar-refractivity contribution in [3.63, 3.8) is 0 Å². The van der Waals surface area contributed by atoms with Crippen LogP contribution in [0.2, 0.25) is 0 Å². The van der Waals surface area contributed by atoms with Crippen molar-refractivity contribution in [2.24, 2.45) is 0 Å². The van der Waals surface area contributed by atoms with Gasteiger partial charge in [0.25, 0.3) is 10.0 Å². The van der Waals surface area contributed by atoms with E-state index >= 15 is 0 Å². The molecule has 0 N–H and O–H groups in total. The smallest absolute Gasteiger partial charge is 0.277 e. The summed E-state index contributed by atoms with van der Waals surface area (Å²) in [6.45, 7) is 10.6. The zero-order valence-electron chi connectivity index (χ0n) is 15.4. The molecule has 7 heteroatoms. The predicted molar refractivity (Wildman–Crippen MR) is 100 cm³/mol. The summed E-state index contributed by atoms with van der Waals surface area (Å²) < 4.78 is 29.6. The first-order valence-corrected chi connectivity index (χ1v) is 10.6. The molecule has 3 rings (SSSR count). The van der Waals surface area contributed by atoms with Crippen molar-refractivity contribution in [3.05, 3.63) is 24.3 Å². The molecule has 1 aliphatic heterocycles. The molecule has 0 saturated carbocycles. The van der Waals surface area contributed by atoms with Gasteiger partial charge in [0, 0.05) is 19.1 Å². The van der Waals surface area contributed by atoms with Crippen molar-refractivity contribution in [3.8, 4) is 0 Å². The molecule has 6 nitrogen and oxygen atoms in total. The quantitative estimate of drug-likeness (QED) is 0.758. The van der Waals surface area contributed by atoms with E-state index in [-0.39, 0.29) is 11.2 Å². The fourth-order valence-electron chi connectivity index (χ4n) is 3.64. The van der Waals surface area contributed by atoms with E-state index in [0.29, 0.717) is 13.1 Å². The zero-order valence-corrected chi connectivity index (χ0v) is 16.2. The number of benzene rings is 1. The van der Waals surface area contributed by atoms with Gasteiger partial charge in [-0.2, -0.15) is 4.31 Å². The molecule has 2 aromatic rings. The molecule has 25 heavy (non-hydrogen) atoms. The molecule has 0 saturated heterocycles. The first-order chi connectivity index (χ1) is 12.0. The Labute approximate surface area is 150 Å². The number of imidazole rings is 1. The number of fused-ring (bicyclic) bond motifs is 3. The average molecular weight is 365 g/mol. The van der Waals surface area contributed by atoms with E-state index in [9.17, 15) is 8.42 Å². The van der Waals surface area contributed by atoms with Crippen molar-refractivity contribution in [1.29, 1.82) is 0 Å². The minimum absolute atomic E-state index is 0.00544. The van der Waals surface area contributed by atoms with Gasteiger partial charge in [-0.05, 0) is 51.5 Å². The van der Waals surface area contributed by atoms with Crippen LogP contribution in [0.15, 0.2) is 29.4 Å². The fourth-order valence-corrected chi connectivity index (χ4v) is 5.43. The first-order valence-electron chi connectivity index (χ1n) is 9.18. The van der Waals surface area contributed by atoms with E-state index in [1.807, 2.05) is 35.8 Å². The van der Waals surface area contributed by atoms with Crippen LogP contribution in [0, 0.1) is 0 Å². The number of hydrogen-bond donors (Lipinski definition) is 0. The molecule has 0 spiro atoms. The van der Waals surface area contributed by atoms with Crippen LogP contribution >= 0.6 is 0 Å². The highest BCUT2D eigenvalue weighted by molar-refractivity contribution is 7.89. The Balaban J connectivity index is 1.76. The lowest BCUT2D eigenvalue weighted by Crippen LogP contribution is -2.45. The normalized spacial score (nSPS) is 18.6. The molecule has 0 radical (unpaired) electrons. The molecule has 1 atom stereocenters. The van der Waals surface area contributed by atoms with Crippen LogP contribution in [-0.2, 0) is 16.6 Å². The van der Waals surface area contributed by atoms with Gasteiger partial charge >= 0.3 is 0 Å². The van der Waals surface area contributed by atoms with Gasteiger partial charge in [0.1, 0.15) is 0 Å². The van der Waals surface area contributed by atoms with Gasteiger partial charge in [0.15, 0.2) is 0 Å². The molecule has 2 heterocycles. The van der Waals surface area contributed by atoms with Crippen LogP contribution in [-0.4, -0.2) is 59.4 Å². The largest absolute Gasteiger partial charge is 0.312 e. The van der Waals surface area contributed by atoms with Gasteiger partial charge in [-0.3, -0.25) is 0 Å². The van der Waals surface area contributed by atoms with Gasteiger partial charge in [-0.1, -0.05) is 26.0 Å². The summed E-state index contributed by atoms with van der Waals surface area (Å²) in [7, 11) is -3.53. The van der Waals surface area contributed by atoms with Crippen LogP contribution in [0.4, 0.5) is 0 Å². The molecule has 0 aliphatic carbocycles. The summed E-state index contributed by atoms with van der Waals surface area (Å²) in [6, 6.07) is 7.61. The summed E-state index contributed by atoms with van der Waals surface area (Å²) in [6.07, 6.45) is 1.88. The standard InChI is InChI=1S/C18H28N4O2S/c1-4-20(5-2)12-8-9-15(3)22-14-13-21-17-11-7-6-10-16(17)19-18(21)25(22,23)24/h6-7,10-11,15H,4-5,8-9,12-14H2,1-3H3. The van der Waals surface area contributed by atoms with E-state index in [0.717, 1.165) is 43.5 Å². The Morgan fingerprint density at radius 1 is 1.20 bits per heavy atom. The summed E-state index contributed by atoms with van der Waals surface area (Å²) in [4.78, 5) is 6.77. The third kappa shape index (κ3) is 3.45. The number of hydrogen-bond acceptors (Lipinski definition) is 4. The number of nitrogens with zero attached hydrogens (tertiary/aromatic N) is 4. The Bertz CT molecular complexity index is 827. The first kappa shape index (κ1) is 18.4. The summed E-state index contributed by atoms with van der Waals surface area (Å²) in [5, 5.41) is 0.190. The third-order valence-corrected chi connectivity index (χ3v) is 7.12. The Morgan fingerprint density at radius 2 is 1.92 bits per heavy atom. The molecule has 0 fully saturated rings. The maximum Gasteiger partial charge on any atom is 0.277 e. The highest BCUT2D eigenvalue weighted by atomic mass is 32.2. The van der Waals surface area contributed by atoms with Crippen LogP contribution < -0.4 is 0 Å². The Kier molecular flexibility index (Phi) is 5.46. The molecule has 0 amide bonds. The van der Waals surface area contributed by atoms with Crippen molar-refractivity contribution < 1.29 is 8.42 Å². The van der Waals surface area contributed by atoms with Crippen molar-refractivity contribution >= 4 is 21.1 Å². The van der Waals surface area contributed by atoms with Crippen LogP contribution in [0.25, 0.3) is 11.0 Å². The van der Waals surface area contributed by atoms with E-state index in [1.165, 1.54) is 0 Å². The lowest BCUT2D eigenvalue weighted by Gasteiger charge is -2.32. The lowest BCUT2D eigenvalue weighted by molar-refractivity contribution is 0.256. The highest BCUT2D eigenvalue weighted by Crippen LogP contribution is 2.28. The van der Waals surface area contributed by atoms with E-state index in [4.69, 9.17) is 0 Å². The van der Waals surface area contributed by atoms with Crippen molar-refractivity contribution in [1.82, 2.24) is 18.8 Å². The van der Waals surface area contributed by atoms with Crippen molar-refractivity contribution in [2.45, 2.75) is 51.4 Å². The molecular formula is C18H28N4O2S. The second-order valence-electron chi connectivity index (χ2n) is 6.67. The van der Waals surface area contributed by atoms with E-state index < -0.39 is 10.0 Å². The SMILES string of the molecule is CCN(CC)CCCC(C)N1CCn2c(nc3ccccc32)S1(=O)=O. The zero-order chi connectivity index (χ0) is 18.0. The summed E-state index contributed by atoms with van der Waals surface area (Å²) in [5.41, 5.74) is 1.65. The predicted octanol–water partition coefficient (Wildman–Crippen LogP) is 2.55. The minimum atomic E-state index is -3.53. The summed E-state index contributed by atoms with van der Waals surface area (Å²) >= 11 is 0. The molecule has 1 aromatic heterocycles. The minimum Gasteiger partial charge on any atom is -0.312 e. The van der Waals surface area contributed by atoms with Crippen LogP contribution in [0.3, 0.4) is 0 Å². The number of sulfonamides is 1. The third-order valence-electron chi connectivity index (χ3n) is 5.19. The van der Waals surface area contributed by atoms with Crippen LogP contribution in [0.5, 0.6) is 0 Å². The lowest BCUT2D eigenvalue weighted by atomic mass is 10.1. The van der Waals surface area contributed by atoms with Gasteiger partial charge in [0.2, 0.25) is 5.16 Å². The van der Waals surface area contributed by atoms with Gasteiger partial charge in [-0.25, -0.2) is 13.4 Å². The van der Waals surface area contributed by atoms with Crippen molar-refractivity contribution in [2.75, 3.05) is 26.2 Å². The van der Waals surface area contributed by atoms with Gasteiger partial charge in [-0.15, -0.1) is 0 Å². The number of para-hydroxylation sites is 2. The molecule has 1 unspecified atom stereocenters. The second kappa shape index (κ2) is 7.43. The van der Waals surface area contributed by atoms with Gasteiger partial charge < -0.3 is 9.47 Å². The fraction of sp³-hybridized carbons (Fsp3) is 0.611. The topological polar surface area (TPSA) is 58.4 Å².